The summed E-state index contributed by atoms with van der Waals surface area (Å²) in [5.74, 6) is 2.53. The maximum Gasteiger partial charge on any atom is 0.110 e. The highest BCUT2D eigenvalue weighted by Crippen LogP contribution is 1.93. The van der Waals surface area contributed by atoms with Gasteiger partial charge >= 0.3 is 0 Å². The Morgan fingerprint density at radius 1 is 1.89 bits per heavy atom. The molecule has 0 saturated carbocycles. The van der Waals surface area contributed by atoms with E-state index >= 15 is 0 Å². The van der Waals surface area contributed by atoms with Crippen LogP contribution >= 0.6 is 0 Å². The third-order valence-corrected chi connectivity index (χ3v) is 1.16. The van der Waals surface area contributed by atoms with Gasteiger partial charge in [-0.15, -0.1) is 6.42 Å². The molecule has 0 aliphatic carbocycles. The fourth-order valence-electron chi connectivity index (χ4n) is 0.707. The summed E-state index contributed by atoms with van der Waals surface area (Å²) < 4.78 is 1.78. The summed E-state index contributed by atoms with van der Waals surface area (Å²) in [6.45, 7) is 2.85. The quantitative estimate of drug-likeness (QED) is 0.503. The van der Waals surface area contributed by atoms with Gasteiger partial charge in [0.25, 0.3) is 0 Å². The van der Waals surface area contributed by atoms with Crippen molar-refractivity contribution >= 4 is 0 Å². The minimum Gasteiger partial charge on any atom is -0.257 e. The van der Waals surface area contributed by atoms with E-state index in [0.29, 0.717) is 0 Å². The third kappa shape index (κ3) is 0.945. The lowest BCUT2D eigenvalue weighted by Gasteiger charge is -1.94. The molecule has 0 fully saturated rings. The van der Waals surface area contributed by atoms with Gasteiger partial charge in [-0.2, -0.15) is 5.10 Å². The van der Waals surface area contributed by atoms with Crippen LogP contribution in [0.2, 0.25) is 0 Å². The Kier molecular flexibility index (Phi) is 1.55. The van der Waals surface area contributed by atoms with Crippen LogP contribution in [0.1, 0.15) is 12.6 Å². The molecular formula is C7H8N2. The molecule has 0 spiro atoms. The second-order valence-electron chi connectivity index (χ2n) is 1.68. The summed E-state index contributed by atoms with van der Waals surface area (Å²) in [6, 6.07) is 1.82. The fraction of sp³-hybridized carbons (Fsp3) is 0.286. The number of aryl methyl sites for hydroxylation is 1. The van der Waals surface area contributed by atoms with Crippen molar-refractivity contribution < 1.29 is 0 Å². The van der Waals surface area contributed by atoms with Crippen LogP contribution in [-0.2, 0) is 6.54 Å². The van der Waals surface area contributed by atoms with E-state index in [2.05, 4.69) is 11.0 Å². The Bertz CT molecular complexity index is 229. The molecular weight excluding hydrogens is 112 g/mol. The van der Waals surface area contributed by atoms with Gasteiger partial charge in [0.15, 0.2) is 0 Å². The standard InChI is InChI=1S/C7H8N2/c1-3-7-5-6-8-9(7)4-2/h1,5-6H,4H2,2H3. The van der Waals surface area contributed by atoms with E-state index in [1.54, 1.807) is 10.9 Å². The van der Waals surface area contributed by atoms with E-state index < -0.39 is 0 Å². The Morgan fingerprint density at radius 3 is 3.11 bits per heavy atom. The molecule has 1 aromatic heterocycles. The van der Waals surface area contributed by atoms with E-state index in [1.165, 1.54) is 0 Å². The second kappa shape index (κ2) is 2.36. The zero-order chi connectivity index (χ0) is 6.69. The predicted molar refractivity (Wildman–Crippen MR) is 35.8 cm³/mol. The van der Waals surface area contributed by atoms with Crippen LogP contribution in [0.25, 0.3) is 0 Å². The number of terminal acetylenes is 1. The summed E-state index contributed by atoms with van der Waals surface area (Å²) in [7, 11) is 0. The van der Waals surface area contributed by atoms with Crippen LogP contribution in [0.4, 0.5) is 0 Å². The first-order valence-electron chi connectivity index (χ1n) is 2.87. The monoisotopic (exact) mass is 120 g/mol. The molecule has 1 heterocycles. The summed E-state index contributed by atoms with van der Waals surface area (Å²) in [4.78, 5) is 0. The Balaban J connectivity index is 3.02. The van der Waals surface area contributed by atoms with Gasteiger partial charge in [-0.05, 0) is 13.0 Å². The van der Waals surface area contributed by atoms with Crippen molar-refractivity contribution in [1.29, 1.82) is 0 Å². The van der Waals surface area contributed by atoms with Gasteiger partial charge in [0.05, 0.1) is 6.20 Å². The van der Waals surface area contributed by atoms with Crippen LogP contribution in [0.3, 0.4) is 0 Å². The first kappa shape index (κ1) is 5.90. The molecule has 0 N–H and O–H groups in total. The van der Waals surface area contributed by atoms with Gasteiger partial charge in [-0.3, -0.25) is 4.68 Å². The molecule has 0 aliphatic rings. The second-order valence-corrected chi connectivity index (χ2v) is 1.68. The lowest BCUT2D eigenvalue weighted by Crippen LogP contribution is -1.98. The van der Waals surface area contributed by atoms with Crippen molar-refractivity contribution in [2.75, 3.05) is 0 Å². The highest BCUT2D eigenvalue weighted by atomic mass is 15.3. The lowest BCUT2D eigenvalue weighted by atomic mass is 10.4. The van der Waals surface area contributed by atoms with E-state index in [-0.39, 0.29) is 0 Å². The maximum absolute atomic E-state index is 5.16. The molecule has 0 amide bonds. The molecule has 0 bridgehead atoms. The van der Waals surface area contributed by atoms with E-state index in [9.17, 15) is 0 Å². The van der Waals surface area contributed by atoms with Gasteiger partial charge in [0, 0.05) is 6.54 Å². The van der Waals surface area contributed by atoms with Gasteiger partial charge in [-0.1, -0.05) is 5.92 Å². The largest absolute Gasteiger partial charge is 0.257 e. The van der Waals surface area contributed by atoms with Crippen molar-refractivity contribution in [2.45, 2.75) is 13.5 Å². The van der Waals surface area contributed by atoms with Crippen molar-refractivity contribution in [1.82, 2.24) is 9.78 Å². The lowest BCUT2D eigenvalue weighted by molar-refractivity contribution is 0.652. The Morgan fingerprint density at radius 2 is 2.67 bits per heavy atom. The van der Waals surface area contributed by atoms with Gasteiger partial charge in [0.2, 0.25) is 0 Å². The summed E-state index contributed by atoms with van der Waals surface area (Å²) >= 11 is 0. The topological polar surface area (TPSA) is 17.8 Å². The number of hydrogen-bond acceptors (Lipinski definition) is 1. The van der Waals surface area contributed by atoms with Crippen LogP contribution in [-0.4, -0.2) is 9.78 Å². The van der Waals surface area contributed by atoms with Crippen molar-refractivity contribution in [3.8, 4) is 12.3 Å². The molecule has 0 atom stereocenters. The summed E-state index contributed by atoms with van der Waals surface area (Å²) in [5.41, 5.74) is 0.845. The number of rotatable bonds is 1. The van der Waals surface area contributed by atoms with Crippen LogP contribution in [0, 0.1) is 12.3 Å². The van der Waals surface area contributed by atoms with Gasteiger partial charge < -0.3 is 0 Å². The molecule has 9 heavy (non-hydrogen) atoms. The molecule has 0 saturated heterocycles. The van der Waals surface area contributed by atoms with Gasteiger partial charge in [0.1, 0.15) is 5.69 Å². The van der Waals surface area contributed by atoms with E-state index in [1.807, 2.05) is 13.0 Å². The molecule has 1 aromatic rings. The zero-order valence-corrected chi connectivity index (χ0v) is 5.33. The van der Waals surface area contributed by atoms with Crippen LogP contribution in [0.5, 0.6) is 0 Å². The normalized spacial score (nSPS) is 8.89. The van der Waals surface area contributed by atoms with E-state index in [4.69, 9.17) is 6.42 Å². The number of aromatic nitrogens is 2. The van der Waals surface area contributed by atoms with Gasteiger partial charge in [-0.25, -0.2) is 0 Å². The summed E-state index contributed by atoms with van der Waals surface area (Å²) in [6.07, 6.45) is 6.87. The molecule has 2 nitrogen and oxygen atoms in total. The predicted octanol–water partition coefficient (Wildman–Crippen LogP) is 0.884. The average molecular weight is 120 g/mol. The minimum absolute atomic E-state index is 0.840. The Hall–Kier alpha value is -1.23. The molecule has 0 aromatic carbocycles. The Labute approximate surface area is 54.5 Å². The maximum atomic E-state index is 5.16. The first-order valence-corrected chi connectivity index (χ1v) is 2.87. The molecule has 0 aliphatic heterocycles. The highest BCUT2D eigenvalue weighted by Gasteiger charge is 1.92. The fourth-order valence-corrected chi connectivity index (χ4v) is 0.707. The summed E-state index contributed by atoms with van der Waals surface area (Å²) in [5, 5.41) is 3.98. The van der Waals surface area contributed by atoms with Crippen molar-refractivity contribution in [3.05, 3.63) is 18.0 Å². The molecule has 0 unspecified atom stereocenters. The zero-order valence-electron chi connectivity index (χ0n) is 5.33. The smallest absolute Gasteiger partial charge is 0.110 e. The SMILES string of the molecule is C#Cc1ccnn1CC. The van der Waals surface area contributed by atoms with Crippen molar-refractivity contribution in [3.63, 3.8) is 0 Å². The highest BCUT2D eigenvalue weighted by molar-refractivity contribution is 5.22. The molecule has 0 radical (unpaired) electrons. The first-order chi connectivity index (χ1) is 4.38. The molecule has 46 valence electrons. The van der Waals surface area contributed by atoms with Crippen molar-refractivity contribution in [2.24, 2.45) is 0 Å². The minimum atomic E-state index is 0.840. The molecule has 2 heteroatoms. The van der Waals surface area contributed by atoms with Crippen LogP contribution in [0.15, 0.2) is 12.3 Å². The molecule has 1 rings (SSSR count). The van der Waals surface area contributed by atoms with E-state index in [0.717, 1.165) is 12.2 Å². The van der Waals surface area contributed by atoms with Crippen LogP contribution < -0.4 is 0 Å². The number of nitrogens with zero attached hydrogens (tertiary/aromatic N) is 2. The average Bonchev–Trinajstić information content (AvgIpc) is 2.33. The number of hydrogen-bond donors (Lipinski definition) is 0. The third-order valence-electron chi connectivity index (χ3n) is 1.16.